The highest BCUT2D eigenvalue weighted by Gasteiger charge is 2.29. The minimum Gasteiger partial charge on any atom is -0.381 e. The number of hydrogen-bond acceptors (Lipinski definition) is 4. The molecule has 0 aromatic carbocycles. The molecule has 0 atom stereocenters. The highest BCUT2D eigenvalue weighted by molar-refractivity contribution is 6.29. The molecule has 1 aromatic heterocycles. The van der Waals surface area contributed by atoms with Gasteiger partial charge in [0.15, 0.2) is 5.15 Å². The third kappa shape index (κ3) is 2.72. The molecular formula is C13H16ClN3O2. The Kier molecular flexibility index (Phi) is 3.66. The molecule has 0 spiro atoms. The number of aromatic nitrogens is 2. The van der Waals surface area contributed by atoms with Crippen LogP contribution < -0.4 is 0 Å². The van der Waals surface area contributed by atoms with Gasteiger partial charge < -0.3 is 9.64 Å². The Morgan fingerprint density at radius 1 is 1.37 bits per heavy atom. The molecule has 0 radical (unpaired) electrons. The average molecular weight is 282 g/mol. The first-order valence-corrected chi connectivity index (χ1v) is 6.99. The van der Waals surface area contributed by atoms with E-state index in [1.165, 1.54) is 0 Å². The number of carbonyl (C=O) groups excluding carboxylic acids is 1. The lowest BCUT2D eigenvalue weighted by atomic mass is 9.97. The molecule has 0 saturated carbocycles. The van der Waals surface area contributed by atoms with Crippen molar-refractivity contribution in [3.8, 4) is 0 Å². The summed E-state index contributed by atoms with van der Waals surface area (Å²) in [6.45, 7) is 2.67. The summed E-state index contributed by atoms with van der Waals surface area (Å²) in [6.07, 6.45) is 2.46. The number of amides is 1. The maximum Gasteiger partial charge on any atom is 0.226 e. The summed E-state index contributed by atoms with van der Waals surface area (Å²) < 4.78 is 5.30. The Morgan fingerprint density at radius 3 is 2.95 bits per heavy atom. The molecule has 3 rings (SSSR count). The second kappa shape index (κ2) is 5.43. The Bertz CT molecular complexity index is 489. The van der Waals surface area contributed by atoms with Crippen LogP contribution in [0.5, 0.6) is 0 Å². The number of rotatable bonds is 1. The van der Waals surface area contributed by atoms with Crippen molar-refractivity contribution in [1.82, 2.24) is 15.1 Å². The lowest BCUT2D eigenvalue weighted by molar-refractivity contribution is -0.139. The highest BCUT2D eigenvalue weighted by atomic mass is 35.5. The minimum atomic E-state index is 0.107. The zero-order valence-electron chi connectivity index (χ0n) is 10.6. The normalized spacial score (nSPS) is 20.2. The van der Waals surface area contributed by atoms with E-state index in [4.69, 9.17) is 16.3 Å². The first kappa shape index (κ1) is 12.8. The lowest BCUT2D eigenvalue weighted by Crippen LogP contribution is -2.41. The largest absolute Gasteiger partial charge is 0.381 e. The van der Waals surface area contributed by atoms with E-state index >= 15 is 0 Å². The predicted molar refractivity (Wildman–Crippen MR) is 69.7 cm³/mol. The molecule has 1 saturated heterocycles. The Labute approximate surface area is 116 Å². The molecular weight excluding hydrogens is 266 g/mol. The van der Waals surface area contributed by atoms with Crippen molar-refractivity contribution in [2.75, 3.05) is 19.8 Å². The zero-order chi connectivity index (χ0) is 13.2. The fourth-order valence-electron chi connectivity index (χ4n) is 2.68. The van der Waals surface area contributed by atoms with E-state index in [1.807, 2.05) is 11.0 Å². The fourth-order valence-corrected chi connectivity index (χ4v) is 2.85. The molecule has 0 aliphatic carbocycles. The van der Waals surface area contributed by atoms with Crippen molar-refractivity contribution in [3.63, 3.8) is 0 Å². The summed E-state index contributed by atoms with van der Waals surface area (Å²) in [4.78, 5) is 14.3. The fraction of sp³-hybridized carbons (Fsp3) is 0.615. The van der Waals surface area contributed by atoms with Crippen molar-refractivity contribution in [1.29, 1.82) is 0 Å². The monoisotopic (exact) mass is 281 g/mol. The van der Waals surface area contributed by atoms with E-state index in [9.17, 15) is 4.79 Å². The molecule has 1 fully saturated rings. The van der Waals surface area contributed by atoms with Crippen molar-refractivity contribution in [2.24, 2.45) is 5.92 Å². The third-order valence-corrected chi connectivity index (χ3v) is 3.99. The SMILES string of the molecule is O=C(C1CCOCC1)N1CCc2cc(Cl)nnc2C1. The third-order valence-electron chi connectivity index (χ3n) is 3.80. The van der Waals surface area contributed by atoms with Crippen LogP contribution in [0.2, 0.25) is 5.15 Å². The van der Waals surface area contributed by atoms with Gasteiger partial charge in [-0.2, -0.15) is 5.10 Å². The van der Waals surface area contributed by atoms with E-state index in [-0.39, 0.29) is 11.8 Å². The summed E-state index contributed by atoms with van der Waals surface area (Å²) >= 11 is 5.83. The van der Waals surface area contributed by atoms with E-state index < -0.39 is 0 Å². The molecule has 0 N–H and O–H groups in total. The van der Waals surface area contributed by atoms with Crippen molar-refractivity contribution in [2.45, 2.75) is 25.8 Å². The molecule has 19 heavy (non-hydrogen) atoms. The van der Waals surface area contributed by atoms with Gasteiger partial charge in [-0.15, -0.1) is 5.10 Å². The molecule has 2 aliphatic rings. The Hall–Kier alpha value is -1.20. The van der Waals surface area contributed by atoms with Crippen LogP contribution in [-0.2, 0) is 22.5 Å². The van der Waals surface area contributed by atoms with Gasteiger partial charge >= 0.3 is 0 Å². The van der Waals surface area contributed by atoms with Gasteiger partial charge in [0.05, 0.1) is 12.2 Å². The smallest absolute Gasteiger partial charge is 0.226 e. The van der Waals surface area contributed by atoms with E-state index in [2.05, 4.69) is 10.2 Å². The molecule has 1 amide bonds. The van der Waals surface area contributed by atoms with Crippen LogP contribution in [0.3, 0.4) is 0 Å². The number of nitrogens with zero attached hydrogens (tertiary/aromatic N) is 3. The van der Waals surface area contributed by atoms with Crippen LogP contribution in [0, 0.1) is 5.92 Å². The molecule has 6 heteroatoms. The van der Waals surface area contributed by atoms with Crippen molar-refractivity contribution >= 4 is 17.5 Å². The summed E-state index contributed by atoms with van der Waals surface area (Å²) in [5, 5.41) is 8.37. The number of ether oxygens (including phenoxy) is 1. The topological polar surface area (TPSA) is 55.3 Å². The standard InChI is InChI=1S/C13H16ClN3O2/c14-12-7-10-1-4-17(8-11(10)15-16-12)13(18)9-2-5-19-6-3-9/h7,9H,1-6,8H2. The van der Waals surface area contributed by atoms with Gasteiger partial charge in [-0.1, -0.05) is 11.6 Å². The van der Waals surface area contributed by atoms with Crippen LogP contribution in [0.1, 0.15) is 24.1 Å². The molecule has 0 bridgehead atoms. The molecule has 102 valence electrons. The number of halogens is 1. The lowest BCUT2D eigenvalue weighted by Gasteiger charge is -2.32. The molecule has 1 aromatic rings. The van der Waals surface area contributed by atoms with Crippen LogP contribution in [-0.4, -0.2) is 40.8 Å². The summed E-state index contributed by atoms with van der Waals surface area (Å²) in [6, 6.07) is 1.85. The summed E-state index contributed by atoms with van der Waals surface area (Å²) in [7, 11) is 0. The molecule has 5 nitrogen and oxygen atoms in total. The summed E-state index contributed by atoms with van der Waals surface area (Å²) in [5.74, 6) is 0.334. The minimum absolute atomic E-state index is 0.107. The van der Waals surface area contributed by atoms with Crippen LogP contribution in [0.4, 0.5) is 0 Å². The van der Waals surface area contributed by atoms with Crippen molar-refractivity contribution < 1.29 is 9.53 Å². The first-order valence-electron chi connectivity index (χ1n) is 6.61. The predicted octanol–water partition coefficient (Wildman–Crippen LogP) is 1.44. The first-order chi connectivity index (χ1) is 9.24. The Morgan fingerprint density at radius 2 is 2.16 bits per heavy atom. The molecule has 0 unspecified atom stereocenters. The van der Waals surface area contributed by atoms with E-state index in [0.717, 1.165) is 37.1 Å². The van der Waals surface area contributed by atoms with Gasteiger partial charge in [-0.3, -0.25) is 4.79 Å². The number of hydrogen-bond donors (Lipinski definition) is 0. The van der Waals surface area contributed by atoms with Crippen molar-refractivity contribution in [3.05, 3.63) is 22.5 Å². The average Bonchev–Trinajstić information content (AvgIpc) is 2.47. The van der Waals surface area contributed by atoms with Gasteiger partial charge in [-0.05, 0) is 30.9 Å². The van der Waals surface area contributed by atoms with E-state index in [1.54, 1.807) is 0 Å². The van der Waals surface area contributed by atoms with Gasteiger partial charge in [0.2, 0.25) is 5.91 Å². The maximum absolute atomic E-state index is 12.4. The second-order valence-corrected chi connectivity index (χ2v) is 5.42. The number of fused-ring (bicyclic) bond motifs is 1. The van der Waals surface area contributed by atoms with Gasteiger partial charge in [0.25, 0.3) is 0 Å². The van der Waals surface area contributed by atoms with Crippen LogP contribution in [0.25, 0.3) is 0 Å². The van der Waals surface area contributed by atoms with Crippen LogP contribution in [0.15, 0.2) is 6.07 Å². The van der Waals surface area contributed by atoms with Gasteiger partial charge in [-0.25, -0.2) is 0 Å². The van der Waals surface area contributed by atoms with Gasteiger partial charge in [0.1, 0.15) is 0 Å². The van der Waals surface area contributed by atoms with Crippen LogP contribution >= 0.6 is 11.6 Å². The molecule has 3 heterocycles. The summed E-state index contributed by atoms with van der Waals surface area (Å²) in [5.41, 5.74) is 1.98. The van der Waals surface area contributed by atoms with E-state index in [0.29, 0.717) is 24.9 Å². The van der Waals surface area contributed by atoms with Gasteiger partial charge in [0, 0.05) is 25.7 Å². The highest BCUT2D eigenvalue weighted by Crippen LogP contribution is 2.23. The zero-order valence-corrected chi connectivity index (χ0v) is 11.4. The quantitative estimate of drug-likeness (QED) is 0.782. The number of carbonyl (C=O) groups is 1. The maximum atomic E-state index is 12.4. The molecule has 2 aliphatic heterocycles. The Balaban J connectivity index is 1.71. The second-order valence-electron chi connectivity index (χ2n) is 5.04.